The highest BCUT2D eigenvalue weighted by molar-refractivity contribution is 5.89. The minimum Gasteiger partial charge on any atom is -0.339 e. The summed E-state index contributed by atoms with van der Waals surface area (Å²) in [4.78, 5) is 30.4. The summed E-state index contributed by atoms with van der Waals surface area (Å²) >= 11 is 0. The third-order valence-electron chi connectivity index (χ3n) is 4.35. The van der Waals surface area contributed by atoms with Crippen molar-refractivity contribution in [3.8, 4) is 0 Å². The minimum atomic E-state index is -0.513. The average Bonchev–Trinajstić information content (AvgIpc) is 2.55. The van der Waals surface area contributed by atoms with Gasteiger partial charge in [-0.05, 0) is 38.2 Å². The molecular formula is C18H26FN3O2. The van der Waals surface area contributed by atoms with Gasteiger partial charge in [0.2, 0.25) is 11.8 Å². The number of hydrogen-bond acceptors (Lipinski definition) is 3. The highest BCUT2D eigenvalue weighted by Crippen LogP contribution is 2.22. The first-order valence-electron chi connectivity index (χ1n) is 8.42. The van der Waals surface area contributed by atoms with Crippen molar-refractivity contribution in [2.75, 3.05) is 40.3 Å². The first kappa shape index (κ1) is 18.4. The number of amides is 2. The Hall–Kier alpha value is -1.95. The van der Waals surface area contributed by atoms with E-state index in [2.05, 4.69) is 6.92 Å². The van der Waals surface area contributed by atoms with Gasteiger partial charge in [0.1, 0.15) is 11.9 Å². The lowest BCUT2D eigenvalue weighted by Gasteiger charge is -2.37. The molecule has 1 aliphatic heterocycles. The molecule has 1 atom stereocenters. The number of carbonyl (C=O) groups excluding carboxylic acids is 2. The van der Waals surface area contributed by atoms with Crippen LogP contribution in [0.2, 0.25) is 0 Å². The fraction of sp³-hybridized carbons (Fsp3) is 0.556. The van der Waals surface area contributed by atoms with E-state index in [0.29, 0.717) is 13.1 Å². The van der Waals surface area contributed by atoms with Gasteiger partial charge in [0, 0.05) is 19.6 Å². The zero-order valence-electron chi connectivity index (χ0n) is 14.7. The molecule has 0 N–H and O–H groups in total. The lowest BCUT2D eigenvalue weighted by atomic mass is 10.0. The number of halogens is 1. The fourth-order valence-corrected chi connectivity index (χ4v) is 2.96. The van der Waals surface area contributed by atoms with Crippen LogP contribution in [0.15, 0.2) is 24.3 Å². The average molecular weight is 335 g/mol. The van der Waals surface area contributed by atoms with Gasteiger partial charge in [-0.25, -0.2) is 4.39 Å². The van der Waals surface area contributed by atoms with Crippen molar-refractivity contribution in [1.29, 1.82) is 0 Å². The monoisotopic (exact) mass is 335 g/mol. The lowest BCUT2D eigenvalue weighted by molar-refractivity contribution is -0.148. The van der Waals surface area contributed by atoms with Crippen LogP contribution in [0, 0.1) is 5.82 Å². The normalized spacial score (nSPS) is 16.6. The molecular weight excluding hydrogens is 309 g/mol. The number of nitrogens with zero attached hydrogens (tertiary/aromatic N) is 3. The number of piperazine rings is 1. The lowest BCUT2D eigenvalue weighted by Crippen LogP contribution is -2.54. The van der Waals surface area contributed by atoms with Crippen LogP contribution >= 0.6 is 0 Å². The molecule has 6 heteroatoms. The Morgan fingerprint density at radius 3 is 2.46 bits per heavy atom. The maximum atomic E-state index is 13.1. The molecule has 1 aromatic carbocycles. The van der Waals surface area contributed by atoms with Crippen LogP contribution in [0.3, 0.4) is 0 Å². The van der Waals surface area contributed by atoms with Crippen molar-refractivity contribution in [2.45, 2.75) is 25.8 Å². The van der Waals surface area contributed by atoms with Gasteiger partial charge < -0.3 is 9.80 Å². The smallest absolute Gasteiger partial charge is 0.245 e. The predicted octanol–water partition coefficient (Wildman–Crippen LogP) is 1.90. The molecule has 0 spiro atoms. The molecule has 2 amide bonds. The molecule has 24 heavy (non-hydrogen) atoms. The van der Waals surface area contributed by atoms with Crippen LogP contribution in [-0.4, -0.2) is 66.8 Å². The van der Waals surface area contributed by atoms with Crippen LogP contribution < -0.4 is 0 Å². The largest absolute Gasteiger partial charge is 0.339 e. The second kappa shape index (κ2) is 8.24. The maximum Gasteiger partial charge on any atom is 0.245 e. The van der Waals surface area contributed by atoms with Crippen molar-refractivity contribution in [3.05, 3.63) is 35.6 Å². The zero-order valence-corrected chi connectivity index (χ0v) is 14.7. The maximum absolute atomic E-state index is 13.1. The van der Waals surface area contributed by atoms with Gasteiger partial charge in [-0.1, -0.05) is 25.5 Å². The Kier molecular flexibility index (Phi) is 6.31. The van der Waals surface area contributed by atoms with Crippen molar-refractivity contribution in [2.24, 2.45) is 0 Å². The molecule has 1 aromatic rings. The molecule has 0 saturated carbocycles. The second-order valence-corrected chi connectivity index (χ2v) is 6.41. The van der Waals surface area contributed by atoms with E-state index in [1.165, 1.54) is 12.1 Å². The molecule has 1 fully saturated rings. The molecule has 1 heterocycles. The van der Waals surface area contributed by atoms with E-state index < -0.39 is 6.04 Å². The first-order valence-corrected chi connectivity index (χ1v) is 8.42. The van der Waals surface area contributed by atoms with Crippen LogP contribution in [-0.2, 0) is 9.59 Å². The Morgan fingerprint density at radius 1 is 1.25 bits per heavy atom. The molecule has 1 aliphatic rings. The molecule has 0 aromatic heterocycles. The van der Waals surface area contributed by atoms with E-state index in [0.717, 1.165) is 24.9 Å². The molecule has 0 aliphatic carbocycles. The predicted molar refractivity (Wildman–Crippen MR) is 90.9 cm³/mol. The van der Waals surface area contributed by atoms with Crippen LogP contribution in [0.5, 0.6) is 0 Å². The number of unbranched alkanes of at least 4 members (excludes halogenated alkanes) is 1. The van der Waals surface area contributed by atoms with Crippen molar-refractivity contribution >= 4 is 11.8 Å². The molecule has 0 unspecified atom stereocenters. The fourth-order valence-electron chi connectivity index (χ4n) is 2.96. The van der Waals surface area contributed by atoms with Gasteiger partial charge in [-0.3, -0.25) is 14.5 Å². The summed E-state index contributed by atoms with van der Waals surface area (Å²) in [6, 6.07) is 5.44. The zero-order chi connectivity index (χ0) is 17.7. The van der Waals surface area contributed by atoms with Crippen molar-refractivity contribution in [1.82, 2.24) is 14.7 Å². The summed E-state index contributed by atoms with van der Waals surface area (Å²) in [5.41, 5.74) is 0.729. The van der Waals surface area contributed by atoms with Crippen LogP contribution in [0.25, 0.3) is 0 Å². The Morgan fingerprint density at radius 2 is 1.92 bits per heavy atom. The van der Waals surface area contributed by atoms with Gasteiger partial charge in [0.25, 0.3) is 0 Å². The third kappa shape index (κ3) is 4.32. The number of hydrogen-bond donors (Lipinski definition) is 0. The number of rotatable bonds is 6. The van der Waals surface area contributed by atoms with E-state index in [4.69, 9.17) is 0 Å². The summed E-state index contributed by atoms with van der Waals surface area (Å²) in [7, 11) is 3.62. The number of carbonyl (C=O) groups is 2. The minimum absolute atomic E-state index is 0.000313. The van der Waals surface area contributed by atoms with Gasteiger partial charge in [0.05, 0.1) is 6.54 Å². The molecule has 1 saturated heterocycles. The standard InChI is InChI=1S/C18H26FN3O2/c1-4-5-10-21-11-12-22(13-16(21)23)18(24)17(20(2)3)14-6-8-15(19)9-7-14/h6-9,17H,4-5,10-13H2,1-3H3/t17-/m1/s1. The molecule has 0 bridgehead atoms. The summed E-state index contributed by atoms with van der Waals surface area (Å²) in [6.07, 6.45) is 2.02. The van der Waals surface area contributed by atoms with Gasteiger partial charge in [-0.2, -0.15) is 0 Å². The van der Waals surface area contributed by atoms with E-state index in [1.54, 1.807) is 21.9 Å². The second-order valence-electron chi connectivity index (χ2n) is 6.41. The Bertz CT molecular complexity index is 574. The molecule has 132 valence electrons. The van der Waals surface area contributed by atoms with E-state index in [1.807, 2.05) is 19.0 Å². The number of benzene rings is 1. The Labute approximate surface area is 143 Å². The third-order valence-corrected chi connectivity index (χ3v) is 4.35. The first-order chi connectivity index (χ1) is 11.4. The van der Waals surface area contributed by atoms with Gasteiger partial charge >= 0.3 is 0 Å². The van der Waals surface area contributed by atoms with E-state index >= 15 is 0 Å². The van der Waals surface area contributed by atoms with Gasteiger partial charge in [-0.15, -0.1) is 0 Å². The van der Waals surface area contributed by atoms with Crippen molar-refractivity contribution in [3.63, 3.8) is 0 Å². The number of likely N-dealkylation sites (N-methyl/N-ethyl adjacent to an activating group) is 1. The SMILES string of the molecule is CCCCN1CCN(C(=O)[C@@H](c2ccc(F)cc2)N(C)C)CC1=O. The summed E-state index contributed by atoms with van der Waals surface area (Å²) in [5.74, 6) is -0.446. The van der Waals surface area contributed by atoms with E-state index in [9.17, 15) is 14.0 Å². The molecule has 5 nitrogen and oxygen atoms in total. The van der Waals surface area contributed by atoms with Crippen LogP contribution in [0.4, 0.5) is 4.39 Å². The highest BCUT2D eigenvalue weighted by Gasteiger charge is 2.32. The van der Waals surface area contributed by atoms with Gasteiger partial charge in [0.15, 0.2) is 0 Å². The highest BCUT2D eigenvalue weighted by atomic mass is 19.1. The quantitative estimate of drug-likeness (QED) is 0.797. The molecule has 0 radical (unpaired) electrons. The van der Waals surface area contributed by atoms with Crippen LogP contribution in [0.1, 0.15) is 31.4 Å². The summed E-state index contributed by atoms with van der Waals surface area (Å²) in [5, 5.41) is 0. The summed E-state index contributed by atoms with van der Waals surface area (Å²) in [6.45, 7) is 4.09. The van der Waals surface area contributed by atoms with Crippen molar-refractivity contribution < 1.29 is 14.0 Å². The van der Waals surface area contributed by atoms with E-state index in [-0.39, 0.29) is 24.2 Å². The Balaban J connectivity index is 2.08. The summed E-state index contributed by atoms with van der Waals surface area (Å²) < 4.78 is 13.1. The molecule has 2 rings (SSSR count). The topological polar surface area (TPSA) is 43.9 Å².